The molecule has 0 aliphatic rings. The van der Waals surface area contributed by atoms with E-state index in [2.05, 4.69) is 20.7 Å². The van der Waals surface area contributed by atoms with Gasteiger partial charge in [0.2, 0.25) is 11.8 Å². The van der Waals surface area contributed by atoms with Gasteiger partial charge in [-0.1, -0.05) is 29.1 Å². The van der Waals surface area contributed by atoms with Crippen molar-refractivity contribution in [1.29, 1.82) is 0 Å². The number of aryl methyl sites for hydroxylation is 1. The summed E-state index contributed by atoms with van der Waals surface area (Å²) < 4.78 is 20.6. The Morgan fingerprint density at radius 3 is 2.80 bits per heavy atom. The van der Waals surface area contributed by atoms with Crippen LogP contribution < -0.4 is 5.32 Å². The van der Waals surface area contributed by atoms with Crippen LogP contribution >= 0.6 is 11.8 Å². The first-order chi connectivity index (χ1) is 12.0. The van der Waals surface area contributed by atoms with Gasteiger partial charge in [0.05, 0.1) is 16.5 Å². The molecule has 0 saturated carbocycles. The molecule has 0 saturated heterocycles. The Morgan fingerprint density at radius 2 is 2.12 bits per heavy atom. The minimum absolute atomic E-state index is 0.253. The molecule has 0 bridgehead atoms. The number of halogens is 1. The lowest BCUT2D eigenvalue weighted by Gasteiger charge is -2.10. The summed E-state index contributed by atoms with van der Waals surface area (Å²) in [4.78, 5) is 12.2. The van der Waals surface area contributed by atoms with Crippen LogP contribution in [0.3, 0.4) is 0 Å². The van der Waals surface area contributed by atoms with Gasteiger partial charge in [-0.25, -0.2) is 4.39 Å². The standard InChI is InChI=1S/C16H16FN5O2S/c1-9-8-13(24-21-9)18-15(23)10(2)25-16-20-19-14(22(16)3)11-6-4-5-7-12(11)17/h4-8,10H,1-3H3,(H,18,23). The molecule has 1 aromatic carbocycles. The smallest absolute Gasteiger partial charge is 0.240 e. The molecule has 0 aliphatic heterocycles. The van der Waals surface area contributed by atoms with E-state index in [0.29, 0.717) is 28.1 Å². The van der Waals surface area contributed by atoms with Crippen molar-refractivity contribution >= 4 is 23.6 Å². The lowest BCUT2D eigenvalue weighted by Crippen LogP contribution is -2.22. The molecule has 0 fully saturated rings. The number of nitrogens with one attached hydrogen (secondary N) is 1. The van der Waals surface area contributed by atoms with Crippen LogP contribution in [-0.4, -0.2) is 31.1 Å². The van der Waals surface area contributed by atoms with Crippen molar-refractivity contribution in [2.75, 3.05) is 5.32 Å². The highest BCUT2D eigenvalue weighted by Gasteiger charge is 2.21. The van der Waals surface area contributed by atoms with Gasteiger partial charge in [-0.3, -0.25) is 10.1 Å². The quantitative estimate of drug-likeness (QED) is 0.703. The van der Waals surface area contributed by atoms with E-state index in [1.54, 1.807) is 49.7 Å². The molecule has 0 radical (unpaired) electrons. The maximum atomic E-state index is 13.9. The van der Waals surface area contributed by atoms with E-state index in [1.165, 1.54) is 17.8 Å². The fourth-order valence-corrected chi connectivity index (χ4v) is 2.97. The van der Waals surface area contributed by atoms with Crippen molar-refractivity contribution in [2.45, 2.75) is 24.3 Å². The van der Waals surface area contributed by atoms with Gasteiger partial charge in [0.1, 0.15) is 5.82 Å². The average Bonchev–Trinajstić information content (AvgIpc) is 3.14. The van der Waals surface area contributed by atoms with E-state index in [-0.39, 0.29) is 11.7 Å². The second kappa shape index (κ2) is 7.06. The van der Waals surface area contributed by atoms with Crippen LogP contribution in [0.25, 0.3) is 11.4 Å². The average molecular weight is 361 g/mol. The molecule has 9 heteroatoms. The van der Waals surface area contributed by atoms with Gasteiger partial charge in [-0.15, -0.1) is 10.2 Å². The summed E-state index contributed by atoms with van der Waals surface area (Å²) >= 11 is 1.22. The minimum atomic E-state index is -0.457. The van der Waals surface area contributed by atoms with Crippen molar-refractivity contribution in [3.8, 4) is 11.4 Å². The third-order valence-electron chi connectivity index (χ3n) is 3.48. The molecular formula is C16H16FN5O2S. The van der Waals surface area contributed by atoms with Crippen LogP contribution in [0, 0.1) is 12.7 Å². The molecule has 130 valence electrons. The van der Waals surface area contributed by atoms with Gasteiger partial charge in [0, 0.05) is 13.1 Å². The number of thioether (sulfide) groups is 1. The summed E-state index contributed by atoms with van der Waals surface area (Å²) in [6.45, 7) is 3.50. The fraction of sp³-hybridized carbons (Fsp3) is 0.250. The summed E-state index contributed by atoms with van der Waals surface area (Å²) in [6, 6.07) is 7.98. The maximum Gasteiger partial charge on any atom is 0.240 e. The molecule has 2 heterocycles. The largest absolute Gasteiger partial charge is 0.338 e. The topological polar surface area (TPSA) is 85.8 Å². The van der Waals surface area contributed by atoms with Crippen molar-refractivity contribution in [2.24, 2.45) is 7.05 Å². The van der Waals surface area contributed by atoms with Gasteiger partial charge >= 0.3 is 0 Å². The molecule has 2 aromatic heterocycles. The fourth-order valence-electron chi connectivity index (χ4n) is 2.15. The molecule has 25 heavy (non-hydrogen) atoms. The van der Waals surface area contributed by atoms with Crippen LogP contribution in [0.2, 0.25) is 0 Å². The number of carbonyl (C=O) groups is 1. The summed E-state index contributed by atoms with van der Waals surface area (Å²) in [7, 11) is 1.73. The monoisotopic (exact) mass is 361 g/mol. The van der Waals surface area contributed by atoms with Crippen molar-refractivity contribution in [3.63, 3.8) is 0 Å². The molecule has 3 aromatic rings. The first-order valence-corrected chi connectivity index (χ1v) is 8.39. The molecule has 1 amide bonds. The number of hydrogen-bond donors (Lipinski definition) is 1. The second-order valence-electron chi connectivity index (χ2n) is 5.43. The van der Waals surface area contributed by atoms with Crippen LogP contribution in [0.5, 0.6) is 0 Å². The number of nitrogens with zero attached hydrogens (tertiary/aromatic N) is 4. The van der Waals surface area contributed by atoms with E-state index in [9.17, 15) is 9.18 Å². The third-order valence-corrected chi connectivity index (χ3v) is 4.61. The SMILES string of the molecule is Cc1cc(NC(=O)C(C)Sc2nnc(-c3ccccc3F)n2C)on1. The van der Waals surface area contributed by atoms with Gasteiger partial charge in [-0.2, -0.15) is 0 Å². The Morgan fingerprint density at radius 1 is 1.36 bits per heavy atom. The zero-order chi connectivity index (χ0) is 18.0. The zero-order valence-corrected chi connectivity index (χ0v) is 14.7. The highest BCUT2D eigenvalue weighted by atomic mass is 32.2. The number of amides is 1. The van der Waals surface area contributed by atoms with E-state index in [1.807, 2.05) is 0 Å². The predicted octanol–water partition coefficient (Wildman–Crippen LogP) is 3.04. The molecule has 0 spiro atoms. The van der Waals surface area contributed by atoms with Crippen molar-refractivity contribution < 1.29 is 13.7 Å². The van der Waals surface area contributed by atoms with E-state index in [4.69, 9.17) is 4.52 Å². The molecule has 3 rings (SSSR count). The minimum Gasteiger partial charge on any atom is -0.338 e. The Balaban J connectivity index is 1.73. The molecular weight excluding hydrogens is 345 g/mol. The summed E-state index contributed by atoms with van der Waals surface area (Å²) in [5, 5.41) is 14.5. The second-order valence-corrected chi connectivity index (χ2v) is 6.73. The highest BCUT2D eigenvalue weighted by molar-refractivity contribution is 8.00. The van der Waals surface area contributed by atoms with Crippen LogP contribution in [-0.2, 0) is 11.8 Å². The Kier molecular flexibility index (Phi) is 4.84. The summed E-state index contributed by atoms with van der Waals surface area (Å²) in [5.74, 6) is 0.0663. The Hall–Kier alpha value is -2.68. The molecule has 7 nitrogen and oxygen atoms in total. The van der Waals surface area contributed by atoms with Gasteiger partial charge in [0.25, 0.3) is 0 Å². The number of rotatable bonds is 5. The summed E-state index contributed by atoms with van der Waals surface area (Å²) in [6.07, 6.45) is 0. The van der Waals surface area contributed by atoms with Crippen LogP contribution in [0.1, 0.15) is 12.6 Å². The van der Waals surface area contributed by atoms with Crippen molar-refractivity contribution in [3.05, 3.63) is 41.8 Å². The molecule has 1 atom stereocenters. The lowest BCUT2D eigenvalue weighted by atomic mass is 10.2. The van der Waals surface area contributed by atoms with Crippen LogP contribution in [0.4, 0.5) is 10.3 Å². The van der Waals surface area contributed by atoms with E-state index < -0.39 is 5.25 Å². The first-order valence-electron chi connectivity index (χ1n) is 7.51. The van der Waals surface area contributed by atoms with Gasteiger partial charge in [0.15, 0.2) is 11.0 Å². The lowest BCUT2D eigenvalue weighted by molar-refractivity contribution is -0.115. The van der Waals surface area contributed by atoms with Crippen molar-refractivity contribution in [1.82, 2.24) is 19.9 Å². The van der Waals surface area contributed by atoms with Crippen LogP contribution in [0.15, 0.2) is 40.0 Å². The number of aromatic nitrogens is 4. The summed E-state index contributed by atoms with van der Waals surface area (Å²) in [5.41, 5.74) is 1.04. The Labute approximate surface area is 147 Å². The Bertz CT molecular complexity index is 908. The number of carbonyl (C=O) groups excluding carboxylic acids is 1. The number of hydrogen-bond acceptors (Lipinski definition) is 6. The number of benzene rings is 1. The highest BCUT2D eigenvalue weighted by Crippen LogP contribution is 2.27. The predicted molar refractivity (Wildman–Crippen MR) is 91.6 cm³/mol. The van der Waals surface area contributed by atoms with Gasteiger partial charge < -0.3 is 9.09 Å². The molecule has 1 N–H and O–H groups in total. The molecule has 0 aliphatic carbocycles. The zero-order valence-electron chi connectivity index (χ0n) is 13.9. The number of anilines is 1. The first kappa shape index (κ1) is 17.2. The normalized spacial score (nSPS) is 12.2. The van der Waals surface area contributed by atoms with E-state index >= 15 is 0 Å². The maximum absolute atomic E-state index is 13.9. The third kappa shape index (κ3) is 3.71. The molecule has 1 unspecified atom stereocenters. The van der Waals surface area contributed by atoms with Gasteiger partial charge in [-0.05, 0) is 26.0 Å². The van der Waals surface area contributed by atoms with E-state index in [0.717, 1.165) is 0 Å².